The molecule has 0 N–H and O–H groups in total. The predicted molar refractivity (Wildman–Crippen MR) is 39.4 cm³/mol. The van der Waals surface area contributed by atoms with Crippen LogP contribution >= 0.6 is 0 Å². The van der Waals surface area contributed by atoms with E-state index in [-0.39, 0.29) is 43.5 Å². The Labute approximate surface area is 98.6 Å². The van der Waals surface area contributed by atoms with E-state index in [4.69, 9.17) is 0 Å². The fourth-order valence-electron chi connectivity index (χ4n) is 0.766. The molecule has 1 aromatic rings. The van der Waals surface area contributed by atoms with E-state index in [0.717, 1.165) is 0 Å². The topological polar surface area (TPSA) is 0 Å². The quantitative estimate of drug-likeness (QED) is 0.490. The van der Waals surface area contributed by atoms with Crippen molar-refractivity contribution in [1.82, 2.24) is 0 Å². The molecule has 0 aromatic heterocycles. The first kappa shape index (κ1) is 14.1. The van der Waals surface area contributed by atoms with Gasteiger partial charge in [0, 0.05) is 19.5 Å². The van der Waals surface area contributed by atoms with E-state index in [2.05, 4.69) is 26.0 Å². The van der Waals surface area contributed by atoms with Crippen molar-refractivity contribution < 1.29 is 43.5 Å². The van der Waals surface area contributed by atoms with Crippen LogP contribution in [0.5, 0.6) is 0 Å². The van der Waals surface area contributed by atoms with Crippen molar-refractivity contribution in [3.63, 3.8) is 0 Å². The maximum absolute atomic E-state index is 3.17. The Hall–Kier alpha value is 0.573. The van der Waals surface area contributed by atoms with Crippen molar-refractivity contribution in [2.75, 3.05) is 0 Å². The molecule has 0 aliphatic carbocycles. The molecule has 0 atom stereocenters. The van der Waals surface area contributed by atoms with Gasteiger partial charge in [-0.15, -0.1) is 0 Å². The Kier molecular flexibility index (Phi) is 9.29. The summed E-state index contributed by atoms with van der Waals surface area (Å²) in [7, 11) is 0. The van der Waals surface area contributed by atoms with E-state index in [1.165, 1.54) is 5.56 Å². The van der Waals surface area contributed by atoms with Crippen LogP contribution in [0.3, 0.4) is 0 Å². The van der Waals surface area contributed by atoms with Crippen LogP contribution in [-0.2, 0) is 19.5 Å². The van der Waals surface area contributed by atoms with Crippen LogP contribution in [0, 0.1) is 6.07 Å². The molecule has 57 valence electrons. The molecule has 0 saturated heterocycles. The van der Waals surface area contributed by atoms with E-state index >= 15 is 0 Å². The fourth-order valence-corrected chi connectivity index (χ4v) is 0.766. The Morgan fingerprint density at radius 3 is 2.18 bits per heavy atom. The molecule has 0 aliphatic rings. The van der Waals surface area contributed by atoms with Crippen LogP contribution < -0.4 is 24.0 Å². The first-order chi connectivity index (χ1) is 4.30. The number of hydrogen-bond donors (Lipinski definition) is 0. The van der Waals surface area contributed by atoms with Crippen LogP contribution in [-0.4, -0.2) is 0 Å². The third-order valence-corrected chi connectivity index (χ3v) is 1.36. The molecule has 1 radical (unpaired) electrons. The summed E-state index contributed by atoms with van der Waals surface area (Å²) >= 11 is 0. The van der Waals surface area contributed by atoms with Crippen LogP contribution in [0.25, 0.3) is 0 Å². The first-order valence-corrected chi connectivity index (χ1v) is 3.27. The molecule has 0 saturated carbocycles. The average molecular weight is 311 g/mol. The van der Waals surface area contributed by atoms with Gasteiger partial charge in [0.2, 0.25) is 0 Å². The summed E-state index contributed by atoms with van der Waals surface area (Å²) in [6.07, 6.45) is 0. The number of hydrogen-bond acceptors (Lipinski definition) is 0. The van der Waals surface area contributed by atoms with Gasteiger partial charge < -0.3 is 24.0 Å². The molecule has 0 spiro atoms. The van der Waals surface area contributed by atoms with Gasteiger partial charge in [0.25, 0.3) is 0 Å². The Bertz CT molecular complexity index is 172. The maximum Gasteiger partial charge on any atom is 0 e. The SMILES string of the molecule is CC(C)c1[c]cccc1.[I-].[Zn]. The van der Waals surface area contributed by atoms with Gasteiger partial charge in [-0.05, 0) is 17.5 Å². The van der Waals surface area contributed by atoms with Gasteiger partial charge in [0.05, 0.1) is 0 Å². The molecule has 0 nitrogen and oxygen atoms in total. The van der Waals surface area contributed by atoms with Crippen molar-refractivity contribution in [3.8, 4) is 0 Å². The molecule has 0 unspecified atom stereocenters. The summed E-state index contributed by atoms with van der Waals surface area (Å²) in [5, 5.41) is 0. The van der Waals surface area contributed by atoms with Gasteiger partial charge in [-0.25, -0.2) is 0 Å². The minimum absolute atomic E-state index is 0. The third kappa shape index (κ3) is 4.92. The molecular weight excluding hydrogens is 300 g/mol. The molecule has 1 rings (SSSR count). The van der Waals surface area contributed by atoms with Crippen LogP contribution in [0.15, 0.2) is 24.3 Å². The zero-order chi connectivity index (χ0) is 6.69. The number of rotatable bonds is 1. The number of benzene rings is 1. The fraction of sp³-hybridized carbons (Fsp3) is 0.333. The second-order valence-corrected chi connectivity index (χ2v) is 2.47. The van der Waals surface area contributed by atoms with Crippen molar-refractivity contribution >= 4 is 0 Å². The van der Waals surface area contributed by atoms with Crippen molar-refractivity contribution in [2.45, 2.75) is 19.8 Å². The zero-order valence-corrected chi connectivity index (χ0v) is 12.1. The zero-order valence-electron chi connectivity index (χ0n) is 6.97. The number of halogens is 1. The van der Waals surface area contributed by atoms with Crippen molar-refractivity contribution in [2.24, 2.45) is 0 Å². The Morgan fingerprint density at radius 2 is 1.91 bits per heavy atom. The molecule has 0 fully saturated rings. The summed E-state index contributed by atoms with van der Waals surface area (Å²) in [6, 6.07) is 11.3. The molecule has 0 amide bonds. The van der Waals surface area contributed by atoms with Gasteiger partial charge >= 0.3 is 0 Å². The monoisotopic (exact) mass is 310 g/mol. The van der Waals surface area contributed by atoms with Gasteiger partial charge in [0.15, 0.2) is 0 Å². The summed E-state index contributed by atoms with van der Waals surface area (Å²) in [6.45, 7) is 4.34. The van der Waals surface area contributed by atoms with Gasteiger partial charge in [-0.3, -0.25) is 0 Å². The van der Waals surface area contributed by atoms with E-state index in [1.807, 2.05) is 18.2 Å². The Balaban J connectivity index is 0. The van der Waals surface area contributed by atoms with Gasteiger partial charge in [-0.2, -0.15) is 0 Å². The maximum atomic E-state index is 3.17. The summed E-state index contributed by atoms with van der Waals surface area (Å²) < 4.78 is 0. The van der Waals surface area contributed by atoms with Crippen LogP contribution in [0.2, 0.25) is 0 Å². The van der Waals surface area contributed by atoms with E-state index in [1.54, 1.807) is 0 Å². The largest absolute Gasteiger partial charge is 1.00 e. The first-order valence-electron chi connectivity index (χ1n) is 3.27. The van der Waals surface area contributed by atoms with E-state index in [9.17, 15) is 0 Å². The van der Waals surface area contributed by atoms with Crippen molar-refractivity contribution in [1.29, 1.82) is 0 Å². The molecule has 1 aromatic carbocycles. The summed E-state index contributed by atoms with van der Waals surface area (Å²) in [4.78, 5) is 0. The van der Waals surface area contributed by atoms with Crippen LogP contribution in [0.1, 0.15) is 25.3 Å². The molecule has 11 heavy (non-hydrogen) atoms. The minimum Gasteiger partial charge on any atom is -1.00 e. The predicted octanol–water partition coefficient (Wildman–Crippen LogP) is -0.388. The minimum atomic E-state index is 0. The molecule has 0 aliphatic heterocycles. The second-order valence-electron chi connectivity index (χ2n) is 2.47. The summed E-state index contributed by atoms with van der Waals surface area (Å²) in [5.74, 6) is 0.603. The summed E-state index contributed by atoms with van der Waals surface area (Å²) in [5.41, 5.74) is 1.29. The molecule has 0 heterocycles. The standard InChI is InChI=1S/C9H11.HI.Zn/c1-8(2)9-6-4-3-5-7-9;;/h3-6,8H,1-2H3;1H;/p-1. The smallest absolute Gasteiger partial charge is 0 e. The normalized spacial score (nSPS) is 8.27. The van der Waals surface area contributed by atoms with Gasteiger partial charge in [-0.1, -0.05) is 38.1 Å². The third-order valence-electron chi connectivity index (χ3n) is 1.36. The van der Waals surface area contributed by atoms with E-state index < -0.39 is 0 Å². The molecular formula is C9H11IZn-. The molecule has 0 bridgehead atoms. The second kappa shape index (κ2) is 7.23. The Morgan fingerprint density at radius 1 is 1.27 bits per heavy atom. The van der Waals surface area contributed by atoms with Crippen LogP contribution in [0.4, 0.5) is 0 Å². The van der Waals surface area contributed by atoms with E-state index in [0.29, 0.717) is 5.92 Å². The molecule has 2 heteroatoms. The van der Waals surface area contributed by atoms with Crippen molar-refractivity contribution in [3.05, 3.63) is 35.9 Å². The average Bonchev–Trinajstić information content (AvgIpc) is 1.90. The van der Waals surface area contributed by atoms with Gasteiger partial charge in [0.1, 0.15) is 0 Å².